The van der Waals surface area contributed by atoms with Gasteiger partial charge in [0.25, 0.3) is 0 Å². The summed E-state index contributed by atoms with van der Waals surface area (Å²) < 4.78 is 1.41. The molecule has 1 aromatic carbocycles. The molecule has 3 rings (SSSR count). The molecule has 0 unspecified atom stereocenters. The van der Waals surface area contributed by atoms with E-state index in [4.69, 9.17) is 0 Å². The second-order valence-electron chi connectivity index (χ2n) is 5.11. The average Bonchev–Trinajstić information content (AvgIpc) is 2.93. The molecule has 3 aromatic rings. The van der Waals surface area contributed by atoms with Gasteiger partial charge in [-0.3, -0.25) is 0 Å². The number of anilines is 1. The normalized spacial score (nSPS) is 11.2. The molecular weight excluding hydrogens is 266 g/mol. The summed E-state index contributed by atoms with van der Waals surface area (Å²) in [7, 11) is 4.13. The minimum atomic E-state index is 0.633. The van der Waals surface area contributed by atoms with Gasteiger partial charge in [-0.1, -0.05) is 24.3 Å². The molecule has 7 nitrogen and oxygen atoms in total. The standard InChI is InChI=1S/C14H17N7/c1-20(2)10-12-6-4-3-5-11(12)9-15-13-7-8-14-16-18-19-21(14)17-13/h3-8H,9-10H2,1-2H3,(H,15,17). The molecule has 0 amide bonds. The van der Waals surface area contributed by atoms with Gasteiger partial charge in [0.2, 0.25) is 0 Å². The highest BCUT2D eigenvalue weighted by molar-refractivity contribution is 5.43. The van der Waals surface area contributed by atoms with Gasteiger partial charge in [-0.2, -0.15) is 0 Å². The van der Waals surface area contributed by atoms with Crippen LogP contribution in [0.2, 0.25) is 0 Å². The highest BCUT2D eigenvalue weighted by Gasteiger charge is 2.04. The molecule has 0 spiro atoms. The van der Waals surface area contributed by atoms with Crippen molar-refractivity contribution < 1.29 is 0 Å². The Morgan fingerprint density at radius 1 is 1.10 bits per heavy atom. The Bertz CT molecular complexity index is 735. The summed E-state index contributed by atoms with van der Waals surface area (Å²) >= 11 is 0. The van der Waals surface area contributed by atoms with Gasteiger partial charge in [-0.05, 0) is 47.8 Å². The summed E-state index contributed by atoms with van der Waals surface area (Å²) in [5, 5.41) is 18.8. The minimum absolute atomic E-state index is 0.633. The third-order valence-electron chi connectivity index (χ3n) is 3.13. The number of aromatic nitrogens is 5. The lowest BCUT2D eigenvalue weighted by Gasteiger charge is -2.14. The molecular formula is C14H17N7. The number of benzene rings is 1. The summed E-state index contributed by atoms with van der Waals surface area (Å²) in [5.41, 5.74) is 3.19. The molecule has 21 heavy (non-hydrogen) atoms. The lowest BCUT2D eigenvalue weighted by Crippen LogP contribution is -2.14. The van der Waals surface area contributed by atoms with Gasteiger partial charge < -0.3 is 10.2 Å². The van der Waals surface area contributed by atoms with E-state index in [1.165, 1.54) is 15.8 Å². The maximum atomic E-state index is 4.30. The first kappa shape index (κ1) is 13.4. The Morgan fingerprint density at radius 2 is 1.90 bits per heavy atom. The van der Waals surface area contributed by atoms with Crippen molar-refractivity contribution in [3.63, 3.8) is 0 Å². The maximum absolute atomic E-state index is 4.30. The van der Waals surface area contributed by atoms with Crippen LogP contribution in [0.25, 0.3) is 5.65 Å². The zero-order chi connectivity index (χ0) is 14.7. The average molecular weight is 283 g/mol. The quantitative estimate of drug-likeness (QED) is 0.758. The van der Waals surface area contributed by atoms with Crippen LogP contribution in [-0.2, 0) is 13.1 Å². The van der Waals surface area contributed by atoms with E-state index in [0.717, 1.165) is 12.4 Å². The fourth-order valence-electron chi connectivity index (χ4n) is 2.15. The molecule has 0 atom stereocenters. The molecule has 0 saturated carbocycles. The van der Waals surface area contributed by atoms with Gasteiger partial charge in [0, 0.05) is 13.1 Å². The first-order chi connectivity index (χ1) is 10.2. The Hall–Kier alpha value is -2.54. The molecule has 0 aliphatic rings. The van der Waals surface area contributed by atoms with Gasteiger partial charge in [0.05, 0.1) is 0 Å². The van der Waals surface area contributed by atoms with Crippen LogP contribution in [0.3, 0.4) is 0 Å². The monoisotopic (exact) mass is 283 g/mol. The summed E-state index contributed by atoms with van der Waals surface area (Å²) in [6.45, 7) is 1.63. The fourth-order valence-corrected chi connectivity index (χ4v) is 2.15. The molecule has 0 fully saturated rings. The van der Waals surface area contributed by atoms with Crippen LogP contribution in [-0.4, -0.2) is 44.2 Å². The van der Waals surface area contributed by atoms with Crippen molar-refractivity contribution in [2.45, 2.75) is 13.1 Å². The van der Waals surface area contributed by atoms with Crippen LogP contribution in [0.15, 0.2) is 36.4 Å². The Labute approximate surface area is 122 Å². The van der Waals surface area contributed by atoms with E-state index < -0.39 is 0 Å². The lowest BCUT2D eigenvalue weighted by molar-refractivity contribution is 0.401. The molecule has 0 aliphatic heterocycles. The van der Waals surface area contributed by atoms with Gasteiger partial charge in [0.1, 0.15) is 5.82 Å². The highest BCUT2D eigenvalue weighted by Crippen LogP contribution is 2.13. The third-order valence-corrected chi connectivity index (χ3v) is 3.13. The van der Waals surface area contributed by atoms with Crippen LogP contribution in [0.5, 0.6) is 0 Å². The van der Waals surface area contributed by atoms with Crippen LogP contribution in [0, 0.1) is 0 Å². The molecule has 2 aromatic heterocycles. The number of hydrogen-bond donors (Lipinski definition) is 1. The van der Waals surface area contributed by atoms with E-state index >= 15 is 0 Å². The van der Waals surface area contributed by atoms with Crippen molar-refractivity contribution in [1.82, 2.24) is 30.2 Å². The van der Waals surface area contributed by atoms with Crippen molar-refractivity contribution in [3.8, 4) is 0 Å². The number of rotatable bonds is 5. The number of fused-ring (bicyclic) bond motifs is 1. The first-order valence-corrected chi connectivity index (χ1v) is 6.73. The van der Waals surface area contributed by atoms with Crippen LogP contribution in [0.1, 0.15) is 11.1 Å². The predicted octanol–water partition coefficient (Wildman–Crippen LogP) is 1.19. The SMILES string of the molecule is CN(C)Cc1ccccc1CNc1ccc2nnnn2n1. The smallest absolute Gasteiger partial charge is 0.200 e. The van der Waals surface area contributed by atoms with E-state index in [-0.39, 0.29) is 0 Å². The lowest BCUT2D eigenvalue weighted by atomic mass is 10.1. The van der Waals surface area contributed by atoms with E-state index in [1.807, 2.05) is 18.2 Å². The van der Waals surface area contributed by atoms with Crippen molar-refractivity contribution in [2.24, 2.45) is 0 Å². The van der Waals surface area contributed by atoms with Gasteiger partial charge in [0.15, 0.2) is 5.65 Å². The summed E-state index contributed by atoms with van der Waals surface area (Å²) in [6, 6.07) is 12.1. The minimum Gasteiger partial charge on any atom is -0.364 e. The number of nitrogens with one attached hydrogen (secondary N) is 1. The van der Waals surface area contributed by atoms with Crippen LogP contribution >= 0.6 is 0 Å². The molecule has 108 valence electrons. The molecule has 0 radical (unpaired) electrons. The topological polar surface area (TPSA) is 71.2 Å². The summed E-state index contributed by atoms with van der Waals surface area (Å²) in [4.78, 5) is 2.16. The fraction of sp³-hybridized carbons (Fsp3) is 0.286. The molecule has 0 aliphatic carbocycles. The largest absolute Gasteiger partial charge is 0.364 e. The Balaban J connectivity index is 1.74. The summed E-state index contributed by atoms with van der Waals surface area (Å²) in [6.07, 6.45) is 0. The van der Waals surface area contributed by atoms with Gasteiger partial charge in [-0.15, -0.1) is 14.8 Å². The number of hydrogen-bond acceptors (Lipinski definition) is 6. The highest BCUT2D eigenvalue weighted by atomic mass is 15.6. The molecule has 7 heteroatoms. The molecule has 0 bridgehead atoms. The Morgan fingerprint density at radius 3 is 2.71 bits per heavy atom. The maximum Gasteiger partial charge on any atom is 0.200 e. The van der Waals surface area contributed by atoms with E-state index in [9.17, 15) is 0 Å². The zero-order valence-corrected chi connectivity index (χ0v) is 12.1. The number of nitrogens with zero attached hydrogens (tertiary/aromatic N) is 6. The van der Waals surface area contributed by atoms with Gasteiger partial charge >= 0.3 is 0 Å². The van der Waals surface area contributed by atoms with Crippen molar-refractivity contribution in [1.29, 1.82) is 0 Å². The zero-order valence-electron chi connectivity index (χ0n) is 12.1. The van der Waals surface area contributed by atoms with Crippen LogP contribution in [0.4, 0.5) is 5.82 Å². The van der Waals surface area contributed by atoms with Gasteiger partial charge in [-0.25, -0.2) is 0 Å². The molecule has 2 heterocycles. The van der Waals surface area contributed by atoms with E-state index in [0.29, 0.717) is 12.2 Å². The second kappa shape index (κ2) is 5.84. The van der Waals surface area contributed by atoms with Crippen LogP contribution < -0.4 is 5.32 Å². The van der Waals surface area contributed by atoms with Crippen molar-refractivity contribution >= 4 is 11.5 Å². The Kier molecular flexibility index (Phi) is 3.74. The molecule has 1 N–H and O–H groups in total. The van der Waals surface area contributed by atoms with Crippen molar-refractivity contribution in [2.75, 3.05) is 19.4 Å². The summed E-state index contributed by atoms with van der Waals surface area (Å²) in [5.74, 6) is 0.745. The second-order valence-corrected chi connectivity index (χ2v) is 5.11. The van der Waals surface area contributed by atoms with Crippen molar-refractivity contribution in [3.05, 3.63) is 47.5 Å². The van der Waals surface area contributed by atoms with E-state index in [1.54, 1.807) is 0 Å². The predicted molar refractivity (Wildman–Crippen MR) is 79.7 cm³/mol. The number of tetrazole rings is 1. The third kappa shape index (κ3) is 3.14. The van der Waals surface area contributed by atoms with E-state index in [2.05, 4.69) is 63.1 Å². The molecule has 0 saturated heterocycles. The first-order valence-electron chi connectivity index (χ1n) is 6.73.